The summed E-state index contributed by atoms with van der Waals surface area (Å²) in [6, 6.07) is 8.59. The number of halogens is 1. The van der Waals surface area contributed by atoms with Gasteiger partial charge in [0.05, 0.1) is 13.1 Å². The molecule has 0 saturated heterocycles. The third-order valence-corrected chi connectivity index (χ3v) is 4.76. The van der Waals surface area contributed by atoms with Crippen LogP contribution in [0.2, 0.25) is 0 Å². The van der Waals surface area contributed by atoms with Crippen LogP contribution in [0.4, 0.5) is 0 Å². The Hall–Kier alpha value is -1.89. The van der Waals surface area contributed by atoms with Gasteiger partial charge < -0.3 is 10.6 Å². The highest BCUT2D eigenvalue weighted by Crippen LogP contribution is 2.14. The average molecular weight is 405 g/mol. The fourth-order valence-electron chi connectivity index (χ4n) is 2.90. The highest BCUT2D eigenvalue weighted by atomic mass is 79.9. The van der Waals surface area contributed by atoms with Crippen LogP contribution in [0.5, 0.6) is 0 Å². The number of hydrogen-bond donors (Lipinski definition) is 2. The number of aliphatic imine (C=N–C) groups is 1. The van der Waals surface area contributed by atoms with Crippen molar-refractivity contribution < 1.29 is 0 Å². The zero-order valence-electron chi connectivity index (χ0n) is 14.8. The molecule has 1 aliphatic rings. The SMILES string of the molecule is CCNC(=NCc1ccc(Br)cc1)NC1CCc2nc(CC)nn2C1. The fraction of sp³-hybridized carbons (Fsp3) is 0.500. The summed E-state index contributed by atoms with van der Waals surface area (Å²) >= 11 is 3.46. The van der Waals surface area contributed by atoms with E-state index in [1.807, 2.05) is 16.8 Å². The van der Waals surface area contributed by atoms with Gasteiger partial charge in [0.15, 0.2) is 11.8 Å². The molecule has 2 N–H and O–H groups in total. The molecule has 0 radical (unpaired) electrons. The summed E-state index contributed by atoms with van der Waals surface area (Å²) in [6.45, 7) is 6.51. The summed E-state index contributed by atoms with van der Waals surface area (Å²) < 4.78 is 3.13. The van der Waals surface area contributed by atoms with Crippen molar-refractivity contribution in [3.05, 3.63) is 46.0 Å². The molecule has 0 bridgehead atoms. The van der Waals surface area contributed by atoms with Gasteiger partial charge in [-0.05, 0) is 31.0 Å². The van der Waals surface area contributed by atoms with E-state index in [-0.39, 0.29) is 0 Å². The maximum Gasteiger partial charge on any atom is 0.191 e. The number of nitrogens with zero attached hydrogens (tertiary/aromatic N) is 4. The first-order chi connectivity index (χ1) is 12.2. The largest absolute Gasteiger partial charge is 0.357 e. The van der Waals surface area contributed by atoms with Crippen molar-refractivity contribution in [1.82, 2.24) is 25.4 Å². The van der Waals surface area contributed by atoms with Crippen LogP contribution < -0.4 is 10.6 Å². The lowest BCUT2D eigenvalue weighted by Crippen LogP contribution is -2.47. The number of hydrogen-bond acceptors (Lipinski definition) is 3. The lowest BCUT2D eigenvalue weighted by atomic mass is 10.1. The molecular weight excluding hydrogens is 380 g/mol. The molecular formula is C18H25BrN6. The van der Waals surface area contributed by atoms with Gasteiger partial charge in [-0.3, -0.25) is 0 Å². The van der Waals surface area contributed by atoms with E-state index in [0.29, 0.717) is 12.6 Å². The Balaban J connectivity index is 1.63. The minimum Gasteiger partial charge on any atom is -0.357 e. The van der Waals surface area contributed by atoms with Crippen LogP contribution in [0.25, 0.3) is 0 Å². The van der Waals surface area contributed by atoms with Gasteiger partial charge in [-0.2, -0.15) is 5.10 Å². The van der Waals surface area contributed by atoms with Crippen molar-refractivity contribution in [2.75, 3.05) is 6.54 Å². The van der Waals surface area contributed by atoms with E-state index in [2.05, 4.69) is 62.6 Å². The molecule has 3 rings (SSSR count). The molecule has 0 amide bonds. The van der Waals surface area contributed by atoms with Crippen LogP contribution in [-0.4, -0.2) is 33.3 Å². The number of aryl methyl sites for hydroxylation is 2. The quantitative estimate of drug-likeness (QED) is 0.593. The van der Waals surface area contributed by atoms with Crippen molar-refractivity contribution in [2.24, 2.45) is 4.99 Å². The Bertz CT molecular complexity index is 722. The summed E-state index contributed by atoms with van der Waals surface area (Å²) in [6.07, 6.45) is 2.89. The summed E-state index contributed by atoms with van der Waals surface area (Å²) in [5, 5.41) is 11.5. The minimum absolute atomic E-state index is 0.321. The molecule has 2 heterocycles. The average Bonchev–Trinajstić information content (AvgIpc) is 3.03. The number of guanidine groups is 1. The topological polar surface area (TPSA) is 67.1 Å². The first-order valence-corrected chi connectivity index (χ1v) is 9.69. The van der Waals surface area contributed by atoms with Crippen molar-refractivity contribution in [3.63, 3.8) is 0 Å². The van der Waals surface area contributed by atoms with Crippen LogP contribution in [-0.2, 0) is 25.9 Å². The second kappa shape index (κ2) is 8.47. The van der Waals surface area contributed by atoms with Gasteiger partial charge in [0, 0.05) is 29.9 Å². The highest BCUT2D eigenvalue weighted by molar-refractivity contribution is 9.10. The van der Waals surface area contributed by atoms with E-state index >= 15 is 0 Å². The summed E-state index contributed by atoms with van der Waals surface area (Å²) in [5.74, 6) is 2.90. The summed E-state index contributed by atoms with van der Waals surface area (Å²) in [7, 11) is 0. The van der Waals surface area contributed by atoms with E-state index in [1.165, 1.54) is 5.56 Å². The highest BCUT2D eigenvalue weighted by Gasteiger charge is 2.21. The van der Waals surface area contributed by atoms with Gasteiger partial charge in [0.25, 0.3) is 0 Å². The molecule has 1 atom stereocenters. The second-order valence-corrected chi connectivity index (χ2v) is 7.10. The Morgan fingerprint density at radius 2 is 2.12 bits per heavy atom. The first kappa shape index (κ1) is 17.9. The van der Waals surface area contributed by atoms with Gasteiger partial charge in [-0.1, -0.05) is 35.0 Å². The third kappa shape index (κ3) is 4.81. The maximum atomic E-state index is 4.72. The number of aromatic nitrogens is 3. The van der Waals surface area contributed by atoms with E-state index in [9.17, 15) is 0 Å². The lowest BCUT2D eigenvalue weighted by molar-refractivity contribution is 0.392. The van der Waals surface area contributed by atoms with E-state index in [1.54, 1.807) is 0 Å². The molecule has 6 nitrogen and oxygen atoms in total. The van der Waals surface area contributed by atoms with E-state index < -0.39 is 0 Å². The van der Waals surface area contributed by atoms with Crippen LogP contribution in [0, 0.1) is 0 Å². The molecule has 0 saturated carbocycles. The van der Waals surface area contributed by atoms with Gasteiger partial charge in [-0.25, -0.2) is 14.7 Å². The fourth-order valence-corrected chi connectivity index (χ4v) is 3.17. The molecule has 0 fully saturated rings. The molecule has 2 aromatic rings. The predicted octanol–water partition coefficient (Wildman–Crippen LogP) is 2.67. The van der Waals surface area contributed by atoms with Gasteiger partial charge >= 0.3 is 0 Å². The Kier molecular flexibility index (Phi) is 6.07. The number of nitrogens with one attached hydrogen (secondary N) is 2. The zero-order chi connectivity index (χ0) is 17.6. The molecule has 0 aliphatic carbocycles. The predicted molar refractivity (Wildman–Crippen MR) is 104 cm³/mol. The van der Waals surface area contributed by atoms with Crippen molar-refractivity contribution >= 4 is 21.9 Å². The molecule has 25 heavy (non-hydrogen) atoms. The molecule has 1 unspecified atom stereocenters. The third-order valence-electron chi connectivity index (χ3n) is 4.24. The van der Waals surface area contributed by atoms with E-state index in [4.69, 9.17) is 4.99 Å². The van der Waals surface area contributed by atoms with Crippen molar-refractivity contribution in [3.8, 4) is 0 Å². The standard InChI is InChI=1S/C18H25BrN6/c1-3-16-23-17-10-9-15(12-25(17)24-16)22-18(20-4-2)21-11-13-5-7-14(19)8-6-13/h5-8,15H,3-4,9-12H2,1-2H3,(H2,20,21,22). The van der Waals surface area contributed by atoms with Crippen LogP contribution in [0.1, 0.15) is 37.5 Å². The van der Waals surface area contributed by atoms with Gasteiger partial charge in [-0.15, -0.1) is 0 Å². The van der Waals surface area contributed by atoms with Crippen LogP contribution in [0.3, 0.4) is 0 Å². The lowest BCUT2D eigenvalue weighted by Gasteiger charge is -2.25. The Morgan fingerprint density at radius 3 is 2.84 bits per heavy atom. The van der Waals surface area contributed by atoms with E-state index in [0.717, 1.165) is 54.4 Å². The van der Waals surface area contributed by atoms with Gasteiger partial charge in [0.2, 0.25) is 0 Å². The monoisotopic (exact) mass is 404 g/mol. The minimum atomic E-state index is 0.321. The first-order valence-electron chi connectivity index (χ1n) is 8.89. The maximum absolute atomic E-state index is 4.72. The molecule has 134 valence electrons. The molecule has 7 heteroatoms. The van der Waals surface area contributed by atoms with Crippen molar-refractivity contribution in [1.29, 1.82) is 0 Å². The van der Waals surface area contributed by atoms with Crippen LogP contribution >= 0.6 is 15.9 Å². The Morgan fingerprint density at radius 1 is 1.32 bits per heavy atom. The molecule has 1 aliphatic heterocycles. The second-order valence-electron chi connectivity index (χ2n) is 6.18. The van der Waals surface area contributed by atoms with Gasteiger partial charge in [0.1, 0.15) is 5.82 Å². The molecule has 1 aromatic carbocycles. The number of fused-ring (bicyclic) bond motifs is 1. The normalized spacial score (nSPS) is 17.2. The summed E-state index contributed by atoms with van der Waals surface area (Å²) in [5.41, 5.74) is 1.19. The smallest absolute Gasteiger partial charge is 0.191 e. The Labute approximate surface area is 157 Å². The van der Waals surface area contributed by atoms with Crippen LogP contribution in [0.15, 0.2) is 33.7 Å². The summed E-state index contributed by atoms with van der Waals surface area (Å²) in [4.78, 5) is 9.30. The number of benzene rings is 1. The zero-order valence-corrected chi connectivity index (χ0v) is 16.4. The molecule has 0 spiro atoms. The molecule has 1 aromatic heterocycles. The number of rotatable bonds is 5. The van der Waals surface area contributed by atoms with Crippen molar-refractivity contribution in [2.45, 2.75) is 52.2 Å².